The summed E-state index contributed by atoms with van der Waals surface area (Å²) in [6.07, 6.45) is 2.24. The Balaban J connectivity index is 1.33. The van der Waals surface area contributed by atoms with Crippen LogP contribution in [0, 0.1) is 0 Å². The molecule has 0 bridgehead atoms. The van der Waals surface area contributed by atoms with E-state index < -0.39 is 0 Å². The van der Waals surface area contributed by atoms with Crippen LogP contribution in [0.3, 0.4) is 0 Å². The van der Waals surface area contributed by atoms with Crippen LogP contribution in [-0.4, -0.2) is 44.7 Å². The molecular formula is C23H28N2O4. The zero-order valence-corrected chi connectivity index (χ0v) is 17.1. The maximum atomic E-state index is 12.6. The van der Waals surface area contributed by atoms with Crippen LogP contribution in [0.2, 0.25) is 0 Å². The van der Waals surface area contributed by atoms with Gasteiger partial charge in [-0.1, -0.05) is 18.2 Å². The fraction of sp³-hybridized carbons (Fsp3) is 0.435. The zero-order valence-electron chi connectivity index (χ0n) is 17.1. The van der Waals surface area contributed by atoms with E-state index in [9.17, 15) is 4.79 Å². The minimum atomic E-state index is 0.0336. The first-order valence-electron chi connectivity index (χ1n) is 10.1. The molecule has 2 aliphatic heterocycles. The lowest BCUT2D eigenvalue weighted by atomic mass is 9.98. The lowest BCUT2D eigenvalue weighted by Crippen LogP contribution is -2.36. The molecule has 2 heterocycles. The van der Waals surface area contributed by atoms with Gasteiger partial charge in [0.2, 0.25) is 5.91 Å². The van der Waals surface area contributed by atoms with Gasteiger partial charge in [-0.3, -0.25) is 9.69 Å². The Morgan fingerprint density at radius 1 is 1.17 bits per heavy atom. The number of carbonyl (C=O) groups is 1. The summed E-state index contributed by atoms with van der Waals surface area (Å²) < 4.78 is 16.5. The molecule has 0 aliphatic carbocycles. The Morgan fingerprint density at radius 2 is 1.93 bits per heavy atom. The van der Waals surface area contributed by atoms with Gasteiger partial charge in [0.05, 0.1) is 26.9 Å². The number of ether oxygens (including phenoxy) is 3. The lowest BCUT2D eigenvalue weighted by Gasteiger charge is -2.30. The highest BCUT2D eigenvalue weighted by molar-refractivity contribution is 5.76. The molecule has 154 valence electrons. The molecule has 0 radical (unpaired) electrons. The summed E-state index contributed by atoms with van der Waals surface area (Å²) in [6.45, 7) is 3.14. The summed E-state index contributed by atoms with van der Waals surface area (Å²) in [5.74, 6) is 2.49. The van der Waals surface area contributed by atoms with Crippen molar-refractivity contribution in [2.45, 2.75) is 31.8 Å². The van der Waals surface area contributed by atoms with E-state index in [1.54, 1.807) is 14.2 Å². The smallest absolute Gasteiger partial charge is 0.221 e. The molecule has 2 aliphatic rings. The molecule has 1 atom stereocenters. The van der Waals surface area contributed by atoms with E-state index in [2.05, 4.69) is 22.3 Å². The first-order chi connectivity index (χ1) is 14.2. The number of rotatable bonds is 6. The van der Waals surface area contributed by atoms with Gasteiger partial charge in [-0.2, -0.15) is 0 Å². The molecule has 0 saturated heterocycles. The monoisotopic (exact) mass is 396 g/mol. The third kappa shape index (κ3) is 4.32. The molecule has 0 spiro atoms. The lowest BCUT2D eigenvalue weighted by molar-refractivity contribution is -0.122. The average Bonchev–Trinajstić information content (AvgIpc) is 2.76. The number of carbonyl (C=O) groups excluding carboxylic acids is 1. The fourth-order valence-corrected chi connectivity index (χ4v) is 4.15. The van der Waals surface area contributed by atoms with Gasteiger partial charge < -0.3 is 19.5 Å². The molecule has 0 aromatic heterocycles. The van der Waals surface area contributed by atoms with Gasteiger partial charge in [-0.05, 0) is 35.7 Å². The number of benzene rings is 2. The molecule has 0 fully saturated rings. The van der Waals surface area contributed by atoms with Crippen LogP contribution in [0.1, 0.15) is 35.6 Å². The Kier molecular flexibility index (Phi) is 5.90. The van der Waals surface area contributed by atoms with E-state index in [0.717, 1.165) is 55.3 Å². The molecule has 4 rings (SSSR count). The highest BCUT2D eigenvalue weighted by atomic mass is 16.5. The molecule has 6 heteroatoms. The molecule has 1 unspecified atom stereocenters. The summed E-state index contributed by atoms with van der Waals surface area (Å²) in [5, 5.41) is 3.18. The van der Waals surface area contributed by atoms with Crippen molar-refractivity contribution in [1.29, 1.82) is 0 Å². The van der Waals surface area contributed by atoms with E-state index in [0.29, 0.717) is 13.0 Å². The van der Waals surface area contributed by atoms with Crippen LogP contribution in [0.15, 0.2) is 36.4 Å². The van der Waals surface area contributed by atoms with Crippen molar-refractivity contribution in [1.82, 2.24) is 10.2 Å². The number of hydrogen-bond donors (Lipinski definition) is 1. The average molecular weight is 396 g/mol. The summed E-state index contributed by atoms with van der Waals surface area (Å²) in [7, 11) is 3.32. The van der Waals surface area contributed by atoms with Crippen molar-refractivity contribution in [3.63, 3.8) is 0 Å². The molecular weight excluding hydrogens is 368 g/mol. The van der Waals surface area contributed by atoms with Gasteiger partial charge in [-0.25, -0.2) is 0 Å². The van der Waals surface area contributed by atoms with Crippen molar-refractivity contribution in [2.75, 3.05) is 33.9 Å². The molecule has 6 nitrogen and oxygen atoms in total. The fourth-order valence-electron chi connectivity index (χ4n) is 4.15. The van der Waals surface area contributed by atoms with Gasteiger partial charge in [-0.15, -0.1) is 0 Å². The Bertz CT molecular complexity index is 883. The first-order valence-corrected chi connectivity index (χ1v) is 10.1. The quantitative estimate of drug-likeness (QED) is 0.813. The second-order valence-electron chi connectivity index (χ2n) is 7.55. The van der Waals surface area contributed by atoms with Gasteiger partial charge in [0.15, 0.2) is 11.5 Å². The number of amides is 1. The molecule has 1 amide bonds. The maximum absolute atomic E-state index is 12.6. The summed E-state index contributed by atoms with van der Waals surface area (Å²) in [4.78, 5) is 14.9. The second kappa shape index (κ2) is 8.74. The standard InChI is InChI=1S/C23H28N2O4/c1-27-21-13-16-7-10-25(15-17(16)14-22(21)28-2)11-8-23(26)24-19-9-12-29-20-6-4-3-5-18(19)20/h3-6,13-14,19H,7-12,15H2,1-2H3,(H,24,26). The van der Waals surface area contributed by atoms with Crippen molar-refractivity contribution in [2.24, 2.45) is 0 Å². The number of nitrogens with one attached hydrogen (secondary N) is 1. The predicted octanol–water partition coefficient (Wildman–Crippen LogP) is 3.09. The van der Waals surface area contributed by atoms with Crippen LogP contribution < -0.4 is 19.5 Å². The summed E-state index contributed by atoms with van der Waals surface area (Å²) >= 11 is 0. The van der Waals surface area contributed by atoms with Crippen molar-refractivity contribution >= 4 is 5.91 Å². The summed E-state index contributed by atoms with van der Waals surface area (Å²) in [5.41, 5.74) is 3.61. The van der Waals surface area contributed by atoms with Gasteiger partial charge in [0.1, 0.15) is 5.75 Å². The van der Waals surface area contributed by atoms with Gasteiger partial charge in [0, 0.05) is 38.0 Å². The predicted molar refractivity (Wildman–Crippen MR) is 111 cm³/mol. The number of fused-ring (bicyclic) bond motifs is 2. The normalized spacial score (nSPS) is 18.2. The highest BCUT2D eigenvalue weighted by Crippen LogP contribution is 2.33. The number of nitrogens with zero attached hydrogens (tertiary/aromatic N) is 1. The number of para-hydroxylation sites is 1. The molecule has 29 heavy (non-hydrogen) atoms. The Labute approximate surface area is 171 Å². The Morgan fingerprint density at radius 3 is 2.72 bits per heavy atom. The van der Waals surface area contributed by atoms with Crippen LogP contribution in [-0.2, 0) is 17.8 Å². The molecule has 0 saturated carbocycles. The van der Waals surface area contributed by atoms with Gasteiger partial charge >= 0.3 is 0 Å². The SMILES string of the molecule is COc1cc2c(cc1OC)CN(CCC(=O)NC1CCOc3ccccc31)CC2. The third-order valence-electron chi connectivity index (χ3n) is 5.75. The van der Waals surface area contributed by atoms with E-state index in [1.807, 2.05) is 24.3 Å². The van der Waals surface area contributed by atoms with E-state index in [-0.39, 0.29) is 11.9 Å². The molecule has 2 aromatic carbocycles. The number of methoxy groups -OCH3 is 2. The van der Waals surface area contributed by atoms with Crippen LogP contribution in [0.5, 0.6) is 17.2 Å². The minimum absolute atomic E-state index is 0.0336. The van der Waals surface area contributed by atoms with Gasteiger partial charge in [0.25, 0.3) is 0 Å². The molecule has 1 N–H and O–H groups in total. The number of hydrogen-bond acceptors (Lipinski definition) is 5. The van der Waals surface area contributed by atoms with Crippen LogP contribution in [0.4, 0.5) is 0 Å². The van der Waals surface area contributed by atoms with E-state index >= 15 is 0 Å². The maximum Gasteiger partial charge on any atom is 0.221 e. The molecule has 2 aromatic rings. The summed E-state index contributed by atoms with van der Waals surface area (Å²) in [6, 6.07) is 12.1. The van der Waals surface area contributed by atoms with E-state index in [4.69, 9.17) is 14.2 Å². The third-order valence-corrected chi connectivity index (χ3v) is 5.75. The Hall–Kier alpha value is -2.73. The van der Waals surface area contributed by atoms with Crippen LogP contribution >= 0.6 is 0 Å². The van der Waals surface area contributed by atoms with Crippen molar-refractivity contribution in [3.05, 3.63) is 53.1 Å². The van der Waals surface area contributed by atoms with Crippen molar-refractivity contribution < 1.29 is 19.0 Å². The van der Waals surface area contributed by atoms with Crippen LogP contribution in [0.25, 0.3) is 0 Å². The second-order valence-corrected chi connectivity index (χ2v) is 7.55. The topological polar surface area (TPSA) is 60.0 Å². The first kappa shape index (κ1) is 19.6. The van der Waals surface area contributed by atoms with Crippen molar-refractivity contribution in [3.8, 4) is 17.2 Å². The zero-order chi connectivity index (χ0) is 20.2. The minimum Gasteiger partial charge on any atom is -0.493 e. The van der Waals surface area contributed by atoms with E-state index in [1.165, 1.54) is 11.1 Å². The highest BCUT2D eigenvalue weighted by Gasteiger charge is 2.24. The largest absolute Gasteiger partial charge is 0.493 e.